The number of benzene rings is 2. The van der Waals surface area contributed by atoms with Crippen molar-refractivity contribution in [1.29, 1.82) is 0 Å². The molecule has 27 heavy (non-hydrogen) atoms. The van der Waals surface area contributed by atoms with E-state index in [0.29, 0.717) is 5.56 Å². The molecule has 0 spiro atoms. The zero-order chi connectivity index (χ0) is 18.8. The molecule has 3 aromatic rings. The summed E-state index contributed by atoms with van der Waals surface area (Å²) in [6, 6.07) is 13.8. The second-order valence-corrected chi connectivity index (χ2v) is 7.26. The maximum Gasteiger partial charge on any atom is 0.255 e. The Bertz CT molecular complexity index is 990. The molecule has 138 valence electrons. The van der Waals surface area contributed by atoms with Crippen LogP contribution in [0.5, 0.6) is 0 Å². The maximum atomic E-state index is 12.7. The summed E-state index contributed by atoms with van der Waals surface area (Å²) < 4.78 is 2.22. The van der Waals surface area contributed by atoms with E-state index in [9.17, 15) is 4.79 Å². The van der Waals surface area contributed by atoms with Gasteiger partial charge in [-0.3, -0.25) is 4.79 Å². The number of hydrogen-bond donors (Lipinski definition) is 1. The smallest absolute Gasteiger partial charge is 0.255 e. The number of rotatable bonds is 3. The molecular weight excluding hydrogens is 336 g/mol. The molecule has 0 bridgehead atoms. The van der Waals surface area contributed by atoms with Crippen LogP contribution >= 0.6 is 0 Å². The summed E-state index contributed by atoms with van der Waals surface area (Å²) in [7, 11) is 0. The first-order chi connectivity index (χ1) is 13.1. The van der Waals surface area contributed by atoms with E-state index in [0.717, 1.165) is 53.4 Å². The van der Waals surface area contributed by atoms with Crippen LogP contribution in [0, 0.1) is 13.8 Å². The quantitative estimate of drug-likeness (QED) is 0.746. The lowest BCUT2D eigenvalue weighted by Gasteiger charge is -2.11. The lowest BCUT2D eigenvalue weighted by Crippen LogP contribution is -2.13. The number of anilines is 1. The maximum absolute atomic E-state index is 12.7. The van der Waals surface area contributed by atoms with Crippen LogP contribution in [0.25, 0.3) is 11.4 Å². The molecule has 0 fully saturated rings. The fraction of sp³-hybridized carbons (Fsp3) is 0.318. The molecule has 4 rings (SSSR count). The van der Waals surface area contributed by atoms with Gasteiger partial charge in [0.1, 0.15) is 5.82 Å². The van der Waals surface area contributed by atoms with Gasteiger partial charge in [-0.2, -0.15) is 0 Å². The van der Waals surface area contributed by atoms with Crippen LogP contribution in [0.1, 0.15) is 46.6 Å². The number of nitrogens with zero attached hydrogens (tertiary/aromatic N) is 3. The molecule has 1 aliphatic rings. The number of nitrogens with one attached hydrogen (secondary N) is 1. The minimum Gasteiger partial charge on any atom is -0.322 e. The van der Waals surface area contributed by atoms with Crippen LogP contribution in [0.2, 0.25) is 0 Å². The average Bonchev–Trinajstić information content (AvgIpc) is 2.92. The molecule has 1 aliphatic heterocycles. The third-order valence-electron chi connectivity index (χ3n) is 5.13. The van der Waals surface area contributed by atoms with Crippen molar-refractivity contribution in [1.82, 2.24) is 14.8 Å². The number of aromatic nitrogens is 3. The highest BCUT2D eigenvalue weighted by atomic mass is 16.1. The van der Waals surface area contributed by atoms with Crippen LogP contribution in [-0.2, 0) is 13.0 Å². The van der Waals surface area contributed by atoms with Crippen molar-refractivity contribution in [3.63, 3.8) is 0 Å². The second-order valence-electron chi connectivity index (χ2n) is 7.26. The van der Waals surface area contributed by atoms with Crippen molar-refractivity contribution in [2.75, 3.05) is 5.32 Å². The first-order valence-corrected chi connectivity index (χ1v) is 9.53. The Hall–Kier alpha value is -2.95. The van der Waals surface area contributed by atoms with Gasteiger partial charge >= 0.3 is 0 Å². The van der Waals surface area contributed by atoms with Gasteiger partial charge in [0.15, 0.2) is 5.82 Å². The molecule has 0 saturated heterocycles. The Kier molecular flexibility index (Phi) is 4.75. The topological polar surface area (TPSA) is 59.8 Å². The van der Waals surface area contributed by atoms with E-state index >= 15 is 0 Å². The molecule has 1 aromatic heterocycles. The van der Waals surface area contributed by atoms with Crippen LogP contribution in [0.3, 0.4) is 0 Å². The van der Waals surface area contributed by atoms with E-state index in [1.807, 2.05) is 56.3 Å². The van der Waals surface area contributed by atoms with Crippen molar-refractivity contribution in [2.24, 2.45) is 0 Å². The normalized spacial score (nSPS) is 13.7. The van der Waals surface area contributed by atoms with Crippen molar-refractivity contribution < 1.29 is 4.79 Å². The van der Waals surface area contributed by atoms with Crippen LogP contribution in [0.15, 0.2) is 42.5 Å². The molecule has 2 heterocycles. The van der Waals surface area contributed by atoms with E-state index < -0.39 is 0 Å². The van der Waals surface area contributed by atoms with Gasteiger partial charge in [-0.1, -0.05) is 36.2 Å². The summed E-state index contributed by atoms with van der Waals surface area (Å²) in [6.45, 7) is 4.90. The van der Waals surface area contributed by atoms with E-state index in [2.05, 4.69) is 20.1 Å². The Morgan fingerprint density at radius 2 is 1.93 bits per heavy atom. The molecule has 5 nitrogen and oxygen atoms in total. The van der Waals surface area contributed by atoms with Crippen molar-refractivity contribution >= 4 is 11.6 Å². The van der Waals surface area contributed by atoms with Gasteiger partial charge in [0.2, 0.25) is 0 Å². The second kappa shape index (κ2) is 7.35. The third kappa shape index (κ3) is 3.63. The highest BCUT2D eigenvalue weighted by Gasteiger charge is 2.17. The fourth-order valence-electron chi connectivity index (χ4n) is 3.61. The van der Waals surface area contributed by atoms with Gasteiger partial charge in [0.05, 0.1) is 0 Å². The van der Waals surface area contributed by atoms with Gasteiger partial charge in [0, 0.05) is 29.8 Å². The lowest BCUT2D eigenvalue weighted by molar-refractivity contribution is 0.102. The molecule has 0 atom stereocenters. The van der Waals surface area contributed by atoms with Crippen molar-refractivity contribution in [3.05, 3.63) is 65.0 Å². The van der Waals surface area contributed by atoms with Crippen molar-refractivity contribution in [2.45, 2.75) is 46.1 Å². The number of aryl methyl sites for hydroxylation is 3. The Morgan fingerprint density at radius 1 is 1.04 bits per heavy atom. The van der Waals surface area contributed by atoms with Crippen LogP contribution in [-0.4, -0.2) is 20.7 Å². The van der Waals surface area contributed by atoms with Gasteiger partial charge < -0.3 is 9.88 Å². The van der Waals surface area contributed by atoms with Gasteiger partial charge in [-0.05, 0) is 50.5 Å². The highest BCUT2D eigenvalue weighted by Crippen LogP contribution is 2.25. The van der Waals surface area contributed by atoms with Crippen LogP contribution in [0.4, 0.5) is 5.69 Å². The van der Waals surface area contributed by atoms with E-state index in [-0.39, 0.29) is 5.91 Å². The average molecular weight is 360 g/mol. The predicted molar refractivity (Wildman–Crippen MR) is 107 cm³/mol. The summed E-state index contributed by atoms with van der Waals surface area (Å²) in [5, 5.41) is 11.8. The molecule has 0 saturated carbocycles. The van der Waals surface area contributed by atoms with Crippen molar-refractivity contribution in [3.8, 4) is 11.4 Å². The summed E-state index contributed by atoms with van der Waals surface area (Å²) >= 11 is 0. The minimum absolute atomic E-state index is 0.0894. The molecule has 1 N–H and O–H groups in total. The number of fused-ring (bicyclic) bond motifs is 1. The van der Waals surface area contributed by atoms with E-state index in [4.69, 9.17) is 0 Å². The summed E-state index contributed by atoms with van der Waals surface area (Å²) in [4.78, 5) is 12.7. The molecule has 2 aromatic carbocycles. The number of amides is 1. The Labute approximate surface area is 159 Å². The molecule has 0 radical (unpaired) electrons. The largest absolute Gasteiger partial charge is 0.322 e. The standard InChI is InChI=1S/C22H24N4O/c1-15-10-11-16(2)19(13-15)22(27)23-18-8-6-7-17(14-18)21-25-24-20-9-4-3-5-12-26(20)21/h6-8,10-11,13-14H,3-5,9,12H2,1-2H3,(H,23,27). The van der Waals surface area contributed by atoms with Gasteiger partial charge in [-0.15, -0.1) is 10.2 Å². The minimum atomic E-state index is -0.0894. The Morgan fingerprint density at radius 3 is 2.81 bits per heavy atom. The molecule has 5 heteroatoms. The van der Waals surface area contributed by atoms with Gasteiger partial charge in [-0.25, -0.2) is 0 Å². The lowest BCUT2D eigenvalue weighted by atomic mass is 10.0. The highest BCUT2D eigenvalue weighted by molar-refractivity contribution is 6.05. The fourth-order valence-corrected chi connectivity index (χ4v) is 3.61. The molecular formula is C22H24N4O. The monoisotopic (exact) mass is 360 g/mol. The SMILES string of the molecule is Cc1ccc(C)c(C(=O)Nc2cccc(-c3nnc4n3CCCCC4)c2)c1. The van der Waals surface area contributed by atoms with E-state index in [1.54, 1.807) is 0 Å². The van der Waals surface area contributed by atoms with Crippen LogP contribution < -0.4 is 5.32 Å². The Balaban J connectivity index is 1.61. The number of carbonyl (C=O) groups is 1. The number of carbonyl (C=O) groups excluding carboxylic acids is 1. The summed E-state index contributed by atoms with van der Waals surface area (Å²) in [6.07, 6.45) is 4.54. The zero-order valence-electron chi connectivity index (χ0n) is 15.8. The summed E-state index contributed by atoms with van der Waals surface area (Å²) in [5.74, 6) is 1.86. The molecule has 1 amide bonds. The predicted octanol–water partition coefficient (Wildman–Crippen LogP) is 4.54. The molecule has 0 unspecified atom stereocenters. The van der Waals surface area contributed by atoms with E-state index in [1.165, 1.54) is 12.8 Å². The van der Waals surface area contributed by atoms with Gasteiger partial charge in [0.25, 0.3) is 5.91 Å². The zero-order valence-corrected chi connectivity index (χ0v) is 15.8. The molecule has 0 aliphatic carbocycles. The first-order valence-electron chi connectivity index (χ1n) is 9.53. The number of hydrogen-bond acceptors (Lipinski definition) is 3. The first kappa shape index (κ1) is 17.5. The third-order valence-corrected chi connectivity index (χ3v) is 5.13. The summed E-state index contributed by atoms with van der Waals surface area (Å²) in [5.41, 5.74) is 4.50.